The number of likely N-dealkylation sites (tertiary alicyclic amines) is 1. The Bertz CT molecular complexity index is 1090. The van der Waals surface area contributed by atoms with Crippen molar-refractivity contribution in [2.45, 2.75) is 71.8 Å². The lowest BCUT2D eigenvalue weighted by molar-refractivity contribution is -0.137. The van der Waals surface area contributed by atoms with Crippen LogP contribution in [0.2, 0.25) is 0 Å². The molecule has 0 radical (unpaired) electrons. The molecule has 3 aromatic rings. The number of carbonyl (C=O) groups is 1. The monoisotopic (exact) mass is 437 g/mol. The zero-order valence-corrected chi connectivity index (χ0v) is 20.3. The predicted octanol–water partition coefficient (Wildman–Crippen LogP) is 5.69. The molecule has 4 rings (SSSR count). The van der Waals surface area contributed by atoms with Gasteiger partial charge in [0.2, 0.25) is 5.91 Å². The summed E-state index contributed by atoms with van der Waals surface area (Å²) >= 11 is 1.72. The summed E-state index contributed by atoms with van der Waals surface area (Å²) in [6.45, 7) is 12.1. The van der Waals surface area contributed by atoms with E-state index >= 15 is 0 Å². The lowest BCUT2D eigenvalue weighted by Crippen LogP contribution is -2.45. The summed E-state index contributed by atoms with van der Waals surface area (Å²) in [7, 11) is 0. The first kappa shape index (κ1) is 22.1. The molecule has 5 heteroatoms. The molecule has 2 aromatic heterocycles. The smallest absolute Gasteiger partial charge is 0.233 e. The van der Waals surface area contributed by atoms with Gasteiger partial charge >= 0.3 is 0 Å². The van der Waals surface area contributed by atoms with Gasteiger partial charge in [-0.3, -0.25) is 4.79 Å². The van der Waals surface area contributed by atoms with Gasteiger partial charge < -0.3 is 15.6 Å². The van der Waals surface area contributed by atoms with Gasteiger partial charge in [-0.15, -0.1) is 11.3 Å². The number of benzene rings is 1. The number of aromatic nitrogens is 1. The van der Waals surface area contributed by atoms with Crippen molar-refractivity contribution < 1.29 is 4.79 Å². The molecule has 31 heavy (non-hydrogen) atoms. The van der Waals surface area contributed by atoms with Crippen LogP contribution in [0, 0.1) is 13.8 Å². The fraction of sp³-hybridized carbons (Fsp3) is 0.500. The van der Waals surface area contributed by atoms with Crippen molar-refractivity contribution in [3.05, 3.63) is 45.8 Å². The second kappa shape index (κ2) is 8.44. The minimum Gasteiger partial charge on any atom is -0.346 e. The molecule has 1 aliphatic heterocycles. The average molecular weight is 438 g/mol. The number of nitrogens with two attached hydrogens (primary N) is 1. The van der Waals surface area contributed by atoms with Crippen LogP contribution in [0.15, 0.2) is 24.3 Å². The summed E-state index contributed by atoms with van der Waals surface area (Å²) in [6.07, 6.45) is 4.10. The Balaban J connectivity index is 1.75. The van der Waals surface area contributed by atoms with Crippen LogP contribution in [0.25, 0.3) is 21.5 Å². The molecule has 0 saturated carbocycles. The maximum atomic E-state index is 13.5. The van der Waals surface area contributed by atoms with E-state index in [1.807, 2.05) is 0 Å². The first-order chi connectivity index (χ1) is 14.8. The highest BCUT2D eigenvalue weighted by molar-refractivity contribution is 7.19. The predicted molar refractivity (Wildman–Crippen MR) is 132 cm³/mol. The van der Waals surface area contributed by atoms with Crippen LogP contribution >= 0.6 is 11.3 Å². The molecule has 4 nitrogen and oxygen atoms in total. The Morgan fingerprint density at radius 3 is 2.58 bits per heavy atom. The zero-order valence-electron chi connectivity index (χ0n) is 19.5. The maximum absolute atomic E-state index is 13.5. The van der Waals surface area contributed by atoms with Gasteiger partial charge in [-0.25, -0.2) is 0 Å². The number of H-pyrrole nitrogens is 1. The van der Waals surface area contributed by atoms with E-state index in [0.29, 0.717) is 12.6 Å². The summed E-state index contributed by atoms with van der Waals surface area (Å²) in [5, 5.41) is 1.22. The molecule has 166 valence electrons. The Hall–Kier alpha value is -2.11. The summed E-state index contributed by atoms with van der Waals surface area (Å²) in [4.78, 5) is 21.6. The summed E-state index contributed by atoms with van der Waals surface area (Å²) in [5.74, 6) is 0.260. The number of fused-ring (bicyclic) bond motifs is 1. The summed E-state index contributed by atoms with van der Waals surface area (Å²) in [6, 6.07) is 9.29. The number of nitrogens with zero attached hydrogens (tertiary/aromatic N) is 1. The second-order valence-corrected chi connectivity index (χ2v) is 10.6. The minimum absolute atomic E-state index is 0.260. The highest BCUT2D eigenvalue weighted by atomic mass is 32.1. The van der Waals surface area contributed by atoms with Crippen molar-refractivity contribution in [3.8, 4) is 11.3 Å². The minimum atomic E-state index is -0.525. The Kier molecular flexibility index (Phi) is 6.01. The topological polar surface area (TPSA) is 62.1 Å². The summed E-state index contributed by atoms with van der Waals surface area (Å²) < 4.78 is 0. The van der Waals surface area contributed by atoms with E-state index in [-0.39, 0.29) is 5.91 Å². The van der Waals surface area contributed by atoms with Gasteiger partial charge in [0.1, 0.15) is 4.83 Å². The fourth-order valence-electron chi connectivity index (χ4n) is 5.10. The normalized spacial score (nSPS) is 17.1. The van der Waals surface area contributed by atoms with Crippen molar-refractivity contribution in [2.24, 2.45) is 5.73 Å². The Morgan fingerprint density at radius 1 is 1.23 bits per heavy atom. The number of aromatic amines is 1. The van der Waals surface area contributed by atoms with Crippen LogP contribution in [0.4, 0.5) is 0 Å². The number of nitrogens with one attached hydrogen (secondary N) is 1. The van der Waals surface area contributed by atoms with E-state index in [2.05, 4.69) is 68.8 Å². The Morgan fingerprint density at radius 2 is 1.94 bits per heavy atom. The summed E-state index contributed by atoms with van der Waals surface area (Å²) in [5.41, 5.74) is 11.6. The SMILES string of the molecule is CCC1CCCN1C(=O)C(C)(C)c1cc2c(CCN)c(-c3cc(C)cc(C)c3)[nH]c2s1. The third-order valence-corrected chi connectivity index (χ3v) is 8.14. The lowest BCUT2D eigenvalue weighted by atomic mass is 9.88. The molecule has 1 fully saturated rings. The van der Waals surface area contributed by atoms with Gasteiger partial charge in [-0.05, 0) is 89.2 Å². The lowest BCUT2D eigenvalue weighted by Gasteiger charge is -2.32. The average Bonchev–Trinajstić information content (AvgIpc) is 3.42. The van der Waals surface area contributed by atoms with Gasteiger partial charge in [0.25, 0.3) is 0 Å². The van der Waals surface area contributed by atoms with Crippen molar-refractivity contribution in [1.82, 2.24) is 9.88 Å². The van der Waals surface area contributed by atoms with E-state index in [9.17, 15) is 4.79 Å². The molecule has 0 aliphatic carbocycles. The van der Waals surface area contributed by atoms with Gasteiger partial charge in [0, 0.05) is 22.8 Å². The van der Waals surface area contributed by atoms with Crippen LogP contribution in [-0.4, -0.2) is 34.9 Å². The van der Waals surface area contributed by atoms with Crippen molar-refractivity contribution in [1.29, 1.82) is 0 Å². The molecular weight excluding hydrogens is 402 g/mol. The number of carbonyl (C=O) groups excluding carboxylic acids is 1. The first-order valence-electron chi connectivity index (χ1n) is 11.5. The van der Waals surface area contributed by atoms with Gasteiger partial charge in [0.05, 0.1) is 11.1 Å². The quantitative estimate of drug-likeness (QED) is 0.520. The second-order valence-electron chi connectivity index (χ2n) is 9.57. The van der Waals surface area contributed by atoms with E-state index < -0.39 is 5.41 Å². The van der Waals surface area contributed by atoms with Gasteiger partial charge in [0.15, 0.2) is 0 Å². The number of hydrogen-bond donors (Lipinski definition) is 2. The molecule has 1 amide bonds. The molecule has 1 aliphatic rings. The highest BCUT2D eigenvalue weighted by Crippen LogP contribution is 2.41. The number of hydrogen-bond acceptors (Lipinski definition) is 3. The van der Waals surface area contributed by atoms with Crippen LogP contribution in [-0.2, 0) is 16.6 Å². The Labute approximate surface area is 189 Å². The van der Waals surface area contributed by atoms with E-state index in [1.165, 1.54) is 33.3 Å². The van der Waals surface area contributed by atoms with Crippen LogP contribution in [0.1, 0.15) is 61.6 Å². The van der Waals surface area contributed by atoms with E-state index in [4.69, 9.17) is 5.73 Å². The fourth-order valence-corrected chi connectivity index (χ4v) is 6.29. The number of aryl methyl sites for hydroxylation is 2. The molecule has 3 N–H and O–H groups in total. The largest absolute Gasteiger partial charge is 0.346 e. The van der Waals surface area contributed by atoms with Gasteiger partial charge in [-0.1, -0.05) is 24.1 Å². The van der Waals surface area contributed by atoms with Crippen LogP contribution in [0.3, 0.4) is 0 Å². The molecule has 0 bridgehead atoms. The van der Waals surface area contributed by atoms with Crippen molar-refractivity contribution >= 4 is 27.5 Å². The molecule has 1 atom stereocenters. The molecule has 3 heterocycles. The number of thiophene rings is 1. The third-order valence-electron chi connectivity index (χ3n) is 6.76. The third kappa shape index (κ3) is 3.94. The van der Waals surface area contributed by atoms with Crippen molar-refractivity contribution in [2.75, 3.05) is 13.1 Å². The molecular formula is C26H35N3OS. The first-order valence-corrected chi connectivity index (χ1v) is 12.3. The van der Waals surface area contributed by atoms with Crippen LogP contribution in [0.5, 0.6) is 0 Å². The van der Waals surface area contributed by atoms with E-state index in [0.717, 1.165) is 41.9 Å². The van der Waals surface area contributed by atoms with E-state index in [1.54, 1.807) is 11.3 Å². The van der Waals surface area contributed by atoms with Gasteiger partial charge in [-0.2, -0.15) is 0 Å². The maximum Gasteiger partial charge on any atom is 0.233 e. The zero-order chi connectivity index (χ0) is 22.3. The molecule has 1 aromatic carbocycles. The highest BCUT2D eigenvalue weighted by Gasteiger charge is 2.39. The standard InChI is InChI=1S/C26H35N3OS/c1-6-19-8-7-11-29(19)25(30)26(4,5)22-15-21-20(9-10-27)23(28-24(21)31-22)18-13-16(2)12-17(3)14-18/h12-15,19,28H,6-11,27H2,1-5H3. The molecule has 0 spiro atoms. The number of rotatable bonds is 6. The molecule has 1 saturated heterocycles. The number of amides is 1. The van der Waals surface area contributed by atoms with Crippen LogP contribution < -0.4 is 5.73 Å². The van der Waals surface area contributed by atoms with Crippen molar-refractivity contribution in [3.63, 3.8) is 0 Å². The molecule has 1 unspecified atom stereocenters.